The Kier molecular flexibility index (Phi) is 5.93. The maximum absolute atomic E-state index is 11.2. The molecule has 0 spiro atoms. The van der Waals surface area contributed by atoms with E-state index in [0.717, 1.165) is 18.7 Å². The summed E-state index contributed by atoms with van der Waals surface area (Å²) >= 11 is 1.44. The van der Waals surface area contributed by atoms with Gasteiger partial charge in [-0.15, -0.1) is 0 Å². The molecule has 0 aliphatic rings. The Bertz CT molecular complexity index is 372. The topological polar surface area (TPSA) is 80.9 Å². The molecule has 0 bridgehead atoms. The van der Waals surface area contributed by atoms with Crippen molar-refractivity contribution in [3.05, 3.63) is 18.0 Å². The van der Waals surface area contributed by atoms with Crippen LogP contribution in [0.1, 0.15) is 19.0 Å². The van der Waals surface area contributed by atoms with Gasteiger partial charge in [0, 0.05) is 17.6 Å². The van der Waals surface area contributed by atoms with E-state index in [4.69, 9.17) is 5.73 Å². The van der Waals surface area contributed by atoms with E-state index >= 15 is 0 Å². The van der Waals surface area contributed by atoms with Gasteiger partial charge in [-0.05, 0) is 26.0 Å². The summed E-state index contributed by atoms with van der Waals surface area (Å²) in [6.45, 7) is 4.73. The first-order valence-electron chi connectivity index (χ1n) is 5.58. The molecule has 94 valence electrons. The number of thioether (sulfide) groups is 1. The Labute approximate surface area is 106 Å². The molecule has 1 atom stereocenters. The van der Waals surface area contributed by atoms with Gasteiger partial charge in [-0.25, -0.2) is 9.97 Å². The van der Waals surface area contributed by atoms with Crippen LogP contribution >= 0.6 is 11.8 Å². The van der Waals surface area contributed by atoms with Crippen molar-refractivity contribution in [3.8, 4) is 0 Å². The largest absolute Gasteiger partial charge is 0.368 e. The van der Waals surface area contributed by atoms with Gasteiger partial charge in [0.15, 0.2) is 5.16 Å². The van der Waals surface area contributed by atoms with Crippen LogP contribution in [0.3, 0.4) is 0 Å². The normalized spacial score (nSPS) is 12.4. The maximum atomic E-state index is 11.2. The summed E-state index contributed by atoms with van der Waals surface area (Å²) in [5, 5.41) is 3.78. The highest BCUT2D eigenvalue weighted by Gasteiger charge is 2.15. The molecular formula is C11H18N4OS. The smallest absolute Gasteiger partial charge is 0.235 e. The third-order valence-electron chi connectivity index (χ3n) is 2.14. The maximum Gasteiger partial charge on any atom is 0.235 e. The average Bonchev–Trinajstić information content (AvgIpc) is 2.28. The van der Waals surface area contributed by atoms with Crippen molar-refractivity contribution in [2.75, 3.05) is 12.3 Å². The van der Waals surface area contributed by atoms with Crippen molar-refractivity contribution in [1.82, 2.24) is 15.3 Å². The molecule has 0 aliphatic carbocycles. The predicted molar refractivity (Wildman–Crippen MR) is 68.8 cm³/mol. The molecule has 6 heteroatoms. The molecule has 0 aliphatic heterocycles. The number of nitrogens with one attached hydrogen (secondary N) is 1. The minimum atomic E-state index is -0.335. The number of aromatic nitrogens is 2. The Balaban J connectivity index is 2.48. The Hall–Kier alpha value is -1.14. The lowest BCUT2D eigenvalue weighted by molar-refractivity contribution is -0.119. The number of hydrogen-bond donors (Lipinski definition) is 2. The summed E-state index contributed by atoms with van der Waals surface area (Å²) in [6, 6.07) is 1.51. The molecule has 0 fully saturated rings. The van der Waals surface area contributed by atoms with Gasteiger partial charge >= 0.3 is 0 Å². The fraction of sp³-hybridized carbons (Fsp3) is 0.545. The lowest BCUT2D eigenvalue weighted by atomic mass is 10.3. The Morgan fingerprint density at radius 2 is 2.41 bits per heavy atom. The van der Waals surface area contributed by atoms with Gasteiger partial charge in [0.05, 0.1) is 6.04 Å². The van der Waals surface area contributed by atoms with Crippen molar-refractivity contribution in [1.29, 1.82) is 0 Å². The third kappa shape index (κ3) is 5.14. The highest BCUT2D eigenvalue weighted by molar-refractivity contribution is 7.99. The molecule has 1 heterocycles. The zero-order chi connectivity index (χ0) is 12.7. The molecule has 1 aromatic rings. The van der Waals surface area contributed by atoms with Crippen molar-refractivity contribution in [2.24, 2.45) is 5.73 Å². The van der Waals surface area contributed by atoms with Crippen LogP contribution in [0.2, 0.25) is 0 Å². The van der Waals surface area contributed by atoms with Gasteiger partial charge < -0.3 is 11.1 Å². The quantitative estimate of drug-likeness (QED) is 0.554. The van der Waals surface area contributed by atoms with E-state index < -0.39 is 0 Å². The molecule has 5 nitrogen and oxygen atoms in total. The Morgan fingerprint density at radius 3 is 3.00 bits per heavy atom. The molecule has 3 N–H and O–H groups in total. The van der Waals surface area contributed by atoms with Crippen LogP contribution in [0.15, 0.2) is 17.4 Å². The van der Waals surface area contributed by atoms with Crippen LogP contribution in [0.4, 0.5) is 0 Å². The Morgan fingerprint density at radius 1 is 1.65 bits per heavy atom. The molecule has 0 aromatic carbocycles. The van der Waals surface area contributed by atoms with Crippen molar-refractivity contribution in [2.45, 2.75) is 31.5 Å². The molecule has 1 aromatic heterocycles. The first kappa shape index (κ1) is 13.9. The lowest BCUT2D eigenvalue weighted by Crippen LogP contribution is -2.43. The van der Waals surface area contributed by atoms with Crippen LogP contribution < -0.4 is 11.1 Å². The van der Waals surface area contributed by atoms with E-state index in [1.165, 1.54) is 11.8 Å². The monoisotopic (exact) mass is 254 g/mol. The van der Waals surface area contributed by atoms with E-state index in [0.29, 0.717) is 10.9 Å². The minimum absolute atomic E-state index is 0.330. The van der Waals surface area contributed by atoms with Crippen molar-refractivity contribution < 1.29 is 4.79 Å². The van der Waals surface area contributed by atoms with E-state index in [1.54, 1.807) is 6.20 Å². The van der Waals surface area contributed by atoms with Crippen molar-refractivity contribution in [3.63, 3.8) is 0 Å². The van der Waals surface area contributed by atoms with Crippen LogP contribution in [-0.4, -0.2) is 34.2 Å². The van der Waals surface area contributed by atoms with Crippen LogP contribution in [0.25, 0.3) is 0 Å². The number of hydrogen-bond acceptors (Lipinski definition) is 5. The van der Waals surface area contributed by atoms with Gasteiger partial charge in [0.2, 0.25) is 5.91 Å². The number of nitrogens with zero attached hydrogens (tertiary/aromatic N) is 2. The zero-order valence-corrected chi connectivity index (χ0v) is 11.0. The second-order valence-electron chi connectivity index (χ2n) is 3.70. The van der Waals surface area contributed by atoms with E-state index in [1.807, 2.05) is 19.9 Å². The summed E-state index contributed by atoms with van der Waals surface area (Å²) in [4.78, 5) is 19.6. The highest BCUT2D eigenvalue weighted by Crippen LogP contribution is 2.13. The van der Waals surface area contributed by atoms with E-state index in [-0.39, 0.29) is 11.9 Å². The number of aryl methyl sites for hydroxylation is 1. The molecule has 17 heavy (non-hydrogen) atoms. The number of carbonyl (C=O) groups excluding carboxylic acids is 1. The zero-order valence-electron chi connectivity index (χ0n) is 10.1. The summed E-state index contributed by atoms with van der Waals surface area (Å²) in [6.07, 6.45) is 2.68. The summed E-state index contributed by atoms with van der Waals surface area (Å²) < 4.78 is 0. The van der Waals surface area contributed by atoms with Crippen LogP contribution in [0.5, 0.6) is 0 Å². The molecule has 0 radical (unpaired) electrons. The second kappa shape index (κ2) is 7.24. The SMILES string of the molecule is CCCNC(CSc1nccc(C)n1)C(N)=O. The summed E-state index contributed by atoms with van der Waals surface area (Å²) in [5.74, 6) is 0.220. The third-order valence-corrected chi connectivity index (χ3v) is 3.09. The average molecular weight is 254 g/mol. The molecular weight excluding hydrogens is 236 g/mol. The fourth-order valence-corrected chi connectivity index (χ4v) is 2.16. The molecule has 1 unspecified atom stereocenters. The summed E-state index contributed by atoms with van der Waals surface area (Å²) in [5.41, 5.74) is 6.23. The van der Waals surface area contributed by atoms with Gasteiger partial charge in [0.1, 0.15) is 0 Å². The molecule has 1 rings (SSSR count). The number of amides is 1. The van der Waals surface area contributed by atoms with Crippen LogP contribution in [0, 0.1) is 6.92 Å². The van der Waals surface area contributed by atoms with Gasteiger partial charge in [0.25, 0.3) is 0 Å². The van der Waals surface area contributed by atoms with E-state index in [2.05, 4.69) is 15.3 Å². The first-order valence-corrected chi connectivity index (χ1v) is 6.57. The molecule has 0 saturated heterocycles. The fourth-order valence-electron chi connectivity index (χ4n) is 1.21. The predicted octanol–water partition coefficient (Wildman–Crippen LogP) is 0.731. The van der Waals surface area contributed by atoms with Gasteiger partial charge in [-0.1, -0.05) is 18.7 Å². The highest BCUT2D eigenvalue weighted by atomic mass is 32.2. The first-order chi connectivity index (χ1) is 8.13. The minimum Gasteiger partial charge on any atom is -0.368 e. The number of primary amides is 1. The van der Waals surface area contributed by atoms with Gasteiger partial charge in [-0.2, -0.15) is 0 Å². The van der Waals surface area contributed by atoms with Gasteiger partial charge in [-0.3, -0.25) is 4.79 Å². The number of rotatable bonds is 7. The lowest BCUT2D eigenvalue weighted by Gasteiger charge is -2.13. The van der Waals surface area contributed by atoms with E-state index in [9.17, 15) is 4.79 Å². The second-order valence-corrected chi connectivity index (χ2v) is 4.69. The van der Waals surface area contributed by atoms with Crippen molar-refractivity contribution >= 4 is 17.7 Å². The summed E-state index contributed by atoms with van der Waals surface area (Å²) in [7, 11) is 0. The molecule has 0 saturated carbocycles. The van der Waals surface area contributed by atoms with Crippen LogP contribution in [-0.2, 0) is 4.79 Å². The number of nitrogens with two attached hydrogens (primary N) is 1. The molecule has 1 amide bonds. The number of carbonyl (C=O) groups is 1. The standard InChI is InChI=1S/C11H18N4OS/c1-3-5-13-9(10(12)16)7-17-11-14-6-4-8(2)15-11/h4,6,9,13H,3,5,7H2,1-2H3,(H2,12,16).